The topological polar surface area (TPSA) is 75.3 Å². The normalized spacial score (nSPS) is 11.4. The molecule has 0 unspecified atom stereocenters. The second-order valence-corrected chi connectivity index (χ2v) is 5.20. The second-order valence-electron chi connectivity index (χ2n) is 5.20. The lowest BCUT2D eigenvalue weighted by atomic mass is 10.1. The predicted molar refractivity (Wildman–Crippen MR) is 88.1 cm³/mol. The summed E-state index contributed by atoms with van der Waals surface area (Å²) < 4.78 is 0. The molecule has 0 aromatic heterocycles. The van der Waals surface area contributed by atoms with Gasteiger partial charge < -0.3 is 10.6 Å². The van der Waals surface area contributed by atoms with Crippen LogP contribution in [0.1, 0.15) is 35.8 Å². The van der Waals surface area contributed by atoms with E-state index in [1.54, 1.807) is 25.1 Å². The van der Waals surface area contributed by atoms with Gasteiger partial charge in [-0.25, -0.2) is 0 Å². The molecule has 118 valence electrons. The van der Waals surface area contributed by atoms with E-state index < -0.39 is 11.8 Å². The van der Waals surface area contributed by atoms with Gasteiger partial charge in [0.1, 0.15) is 0 Å². The maximum absolute atomic E-state index is 12.0. The van der Waals surface area contributed by atoms with Crippen LogP contribution in [0.25, 0.3) is 0 Å². The number of rotatable bonds is 4. The Bertz CT molecular complexity index is 726. The van der Waals surface area contributed by atoms with Gasteiger partial charge in [0.25, 0.3) is 0 Å². The van der Waals surface area contributed by atoms with E-state index in [4.69, 9.17) is 0 Å². The Labute approximate surface area is 134 Å². The smallest absolute Gasteiger partial charge is 0.313 e. The summed E-state index contributed by atoms with van der Waals surface area (Å²) in [4.78, 5) is 35.2. The molecular weight excluding hydrogens is 292 g/mol. The minimum atomic E-state index is -0.770. The lowest BCUT2D eigenvalue weighted by Gasteiger charge is -2.14. The SMILES string of the molecule is CC(=O)c1cccc(NC(=O)C(=O)N[C@H](C)c2ccccc2)c1. The van der Waals surface area contributed by atoms with Crippen molar-refractivity contribution in [1.82, 2.24) is 5.32 Å². The lowest BCUT2D eigenvalue weighted by Crippen LogP contribution is -2.36. The standard InChI is InChI=1S/C18H18N2O3/c1-12(14-7-4-3-5-8-14)19-17(22)18(23)20-16-10-6-9-15(11-16)13(2)21/h3-12H,1-2H3,(H,19,22)(H,20,23)/t12-/m1/s1. The van der Waals surface area contributed by atoms with Gasteiger partial charge in [-0.1, -0.05) is 42.5 Å². The van der Waals surface area contributed by atoms with E-state index in [0.717, 1.165) is 5.56 Å². The molecule has 5 heteroatoms. The zero-order valence-corrected chi connectivity index (χ0v) is 13.0. The van der Waals surface area contributed by atoms with Gasteiger partial charge >= 0.3 is 11.8 Å². The summed E-state index contributed by atoms with van der Waals surface area (Å²) in [5.41, 5.74) is 1.79. The molecule has 0 saturated heterocycles. The highest BCUT2D eigenvalue weighted by atomic mass is 16.2. The number of amides is 2. The largest absolute Gasteiger partial charge is 0.341 e. The average molecular weight is 310 g/mol. The molecule has 2 rings (SSSR count). The van der Waals surface area contributed by atoms with Gasteiger partial charge in [0.2, 0.25) is 0 Å². The van der Waals surface area contributed by atoms with Gasteiger partial charge in [0, 0.05) is 11.3 Å². The molecular formula is C18H18N2O3. The number of hydrogen-bond donors (Lipinski definition) is 2. The predicted octanol–water partition coefficient (Wildman–Crippen LogP) is 2.71. The van der Waals surface area contributed by atoms with Crippen LogP contribution in [0.4, 0.5) is 5.69 Å². The third kappa shape index (κ3) is 4.51. The maximum Gasteiger partial charge on any atom is 0.313 e. The van der Waals surface area contributed by atoms with E-state index in [-0.39, 0.29) is 11.8 Å². The average Bonchev–Trinajstić information content (AvgIpc) is 2.55. The fourth-order valence-corrected chi connectivity index (χ4v) is 2.09. The number of hydrogen-bond acceptors (Lipinski definition) is 3. The number of Topliss-reactive ketones (excluding diaryl/α,β-unsaturated/α-hetero) is 1. The zero-order chi connectivity index (χ0) is 16.8. The summed E-state index contributed by atoms with van der Waals surface area (Å²) in [5.74, 6) is -1.61. The van der Waals surface area contributed by atoms with Crippen molar-refractivity contribution in [3.8, 4) is 0 Å². The molecule has 1 atom stereocenters. The fourth-order valence-electron chi connectivity index (χ4n) is 2.09. The van der Waals surface area contributed by atoms with Crippen LogP contribution in [0.5, 0.6) is 0 Å². The third-order valence-electron chi connectivity index (χ3n) is 3.38. The summed E-state index contributed by atoms with van der Waals surface area (Å²) in [6.07, 6.45) is 0. The van der Waals surface area contributed by atoms with Crippen LogP contribution in [0, 0.1) is 0 Å². The molecule has 5 nitrogen and oxygen atoms in total. The minimum Gasteiger partial charge on any atom is -0.341 e. The van der Waals surface area contributed by atoms with Gasteiger partial charge in [0.05, 0.1) is 6.04 Å². The van der Waals surface area contributed by atoms with Gasteiger partial charge in [-0.2, -0.15) is 0 Å². The minimum absolute atomic E-state index is 0.108. The van der Waals surface area contributed by atoms with Gasteiger partial charge in [-0.05, 0) is 31.5 Å². The summed E-state index contributed by atoms with van der Waals surface area (Å²) in [6.45, 7) is 3.24. The van der Waals surface area contributed by atoms with Crippen molar-refractivity contribution in [3.63, 3.8) is 0 Å². The number of benzene rings is 2. The molecule has 2 amide bonds. The molecule has 23 heavy (non-hydrogen) atoms. The first kappa shape index (κ1) is 16.4. The number of carbonyl (C=O) groups is 3. The first-order chi connectivity index (χ1) is 11.0. The van der Waals surface area contributed by atoms with Crippen molar-refractivity contribution in [2.75, 3.05) is 5.32 Å². The summed E-state index contributed by atoms with van der Waals surface area (Å²) in [6, 6.07) is 15.5. The van der Waals surface area contributed by atoms with Crippen LogP contribution in [0.2, 0.25) is 0 Å². The first-order valence-corrected chi connectivity index (χ1v) is 7.25. The molecule has 0 aliphatic carbocycles. The van der Waals surface area contributed by atoms with Gasteiger partial charge in [0.15, 0.2) is 5.78 Å². The van der Waals surface area contributed by atoms with Crippen molar-refractivity contribution in [1.29, 1.82) is 0 Å². The van der Waals surface area contributed by atoms with Crippen molar-refractivity contribution in [2.45, 2.75) is 19.9 Å². The maximum atomic E-state index is 12.0. The van der Waals surface area contributed by atoms with E-state index in [9.17, 15) is 14.4 Å². The lowest BCUT2D eigenvalue weighted by molar-refractivity contribution is -0.136. The Morgan fingerprint density at radius 2 is 1.61 bits per heavy atom. The van der Waals surface area contributed by atoms with E-state index >= 15 is 0 Å². The van der Waals surface area contributed by atoms with Crippen molar-refractivity contribution in [2.24, 2.45) is 0 Å². The van der Waals surface area contributed by atoms with E-state index in [2.05, 4.69) is 10.6 Å². The molecule has 0 radical (unpaired) electrons. The molecule has 2 N–H and O–H groups in total. The summed E-state index contributed by atoms with van der Waals surface area (Å²) >= 11 is 0. The van der Waals surface area contributed by atoms with Crippen LogP contribution in [0.15, 0.2) is 54.6 Å². The Kier molecular flexibility index (Phi) is 5.25. The monoisotopic (exact) mass is 310 g/mol. The molecule has 0 aliphatic heterocycles. The molecule has 0 spiro atoms. The molecule has 0 heterocycles. The van der Waals surface area contributed by atoms with Crippen LogP contribution >= 0.6 is 0 Å². The van der Waals surface area contributed by atoms with Gasteiger partial charge in [-0.3, -0.25) is 14.4 Å². The highest BCUT2D eigenvalue weighted by molar-refractivity contribution is 6.39. The van der Waals surface area contributed by atoms with Gasteiger partial charge in [-0.15, -0.1) is 0 Å². The van der Waals surface area contributed by atoms with E-state index in [1.165, 1.54) is 13.0 Å². The molecule has 0 saturated carbocycles. The van der Waals surface area contributed by atoms with E-state index in [0.29, 0.717) is 11.3 Å². The number of nitrogens with one attached hydrogen (secondary N) is 2. The first-order valence-electron chi connectivity index (χ1n) is 7.25. The van der Waals surface area contributed by atoms with Crippen molar-refractivity contribution in [3.05, 3.63) is 65.7 Å². The number of anilines is 1. The molecule has 0 aliphatic rings. The Morgan fingerprint density at radius 3 is 2.26 bits per heavy atom. The Morgan fingerprint density at radius 1 is 0.913 bits per heavy atom. The number of carbonyl (C=O) groups excluding carboxylic acids is 3. The molecule has 0 bridgehead atoms. The Balaban J connectivity index is 1.99. The zero-order valence-electron chi connectivity index (χ0n) is 13.0. The quantitative estimate of drug-likeness (QED) is 0.673. The second kappa shape index (κ2) is 7.35. The van der Waals surface area contributed by atoms with Crippen LogP contribution in [0.3, 0.4) is 0 Å². The van der Waals surface area contributed by atoms with Crippen LogP contribution < -0.4 is 10.6 Å². The van der Waals surface area contributed by atoms with Crippen molar-refractivity contribution >= 4 is 23.3 Å². The van der Waals surface area contributed by atoms with Crippen LogP contribution in [-0.2, 0) is 9.59 Å². The summed E-state index contributed by atoms with van der Waals surface area (Å²) in [7, 11) is 0. The van der Waals surface area contributed by atoms with Crippen molar-refractivity contribution < 1.29 is 14.4 Å². The Hall–Kier alpha value is -2.95. The third-order valence-corrected chi connectivity index (χ3v) is 3.38. The number of ketones is 1. The van der Waals surface area contributed by atoms with Crippen LogP contribution in [-0.4, -0.2) is 17.6 Å². The molecule has 0 fully saturated rings. The highest BCUT2D eigenvalue weighted by Gasteiger charge is 2.17. The molecule has 2 aromatic carbocycles. The highest BCUT2D eigenvalue weighted by Crippen LogP contribution is 2.13. The summed E-state index contributed by atoms with van der Waals surface area (Å²) in [5, 5.41) is 5.13. The fraction of sp³-hybridized carbons (Fsp3) is 0.167. The van der Waals surface area contributed by atoms with E-state index in [1.807, 2.05) is 30.3 Å². The molecule has 2 aromatic rings.